The molecule has 0 aromatic heterocycles. The maximum Gasteiger partial charge on any atom is 0.253 e. The first kappa shape index (κ1) is 17.2. The highest BCUT2D eigenvalue weighted by atomic mass is 16.2. The number of amides is 2. The number of rotatable bonds is 6. The molecule has 0 saturated carbocycles. The van der Waals surface area contributed by atoms with E-state index in [1.165, 1.54) is 0 Å². The zero-order chi connectivity index (χ0) is 15.9. The molecule has 1 aromatic rings. The van der Waals surface area contributed by atoms with E-state index in [9.17, 15) is 9.59 Å². The molecular weight excluding hydrogens is 264 g/mol. The smallest absolute Gasteiger partial charge is 0.253 e. The van der Waals surface area contributed by atoms with Crippen molar-refractivity contribution in [1.82, 2.24) is 5.32 Å². The van der Waals surface area contributed by atoms with Crippen LogP contribution in [0, 0.1) is 0 Å². The van der Waals surface area contributed by atoms with Gasteiger partial charge in [-0.3, -0.25) is 9.59 Å². The van der Waals surface area contributed by atoms with Gasteiger partial charge in [0.05, 0.1) is 11.3 Å². The normalized spacial score (nSPS) is 11.0. The van der Waals surface area contributed by atoms with Gasteiger partial charge in [0.25, 0.3) is 5.91 Å². The van der Waals surface area contributed by atoms with Gasteiger partial charge >= 0.3 is 0 Å². The van der Waals surface area contributed by atoms with Crippen molar-refractivity contribution in [1.29, 1.82) is 0 Å². The average molecular weight is 290 g/mol. The molecule has 1 aromatic carbocycles. The van der Waals surface area contributed by atoms with Crippen molar-refractivity contribution in [2.24, 2.45) is 0 Å². The number of anilines is 1. The highest BCUT2D eigenvalue weighted by Gasteiger charge is 2.18. The Bertz CT molecular complexity index is 490. The molecule has 2 amide bonds. The summed E-state index contributed by atoms with van der Waals surface area (Å²) < 4.78 is 0. The summed E-state index contributed by atoms with van der Waals surface area (Å²) in [4.78, 5) is 24.2. The van der Waals surface area contributed by atoms with Crippen LogP contribution in [-0.4, -0.2) is 17.4 Å². The van der Waals surface area contributed by atoms with Gasteiger partial charge in [-0.2, -0.15) is 0 Å². The van der Waals surface area contributed by atoms with E-state index < -0.39 is 0 Å². The van der Waals surface area contributed by atoms with Gasteiger partial charge in [0.1, 0.15) is 0 Å². The van der Waals surface area contributed by atoms with E-state index in [1.54, 1.807) is 18.2 Å². The largest absolute Gasteiger partial charge is 0.347 e. The molecule has 1 rings (SSSR count). The Hall–Kier alpha value is -1.84. The fourth-order valence-corrected chi connectivity index (χ4v) is 1.95. The first-order valence-corrected chi connectivity index (χ1v) is 7.55. The van der Waals surface area contributed by atoms with Crippen LogP contribution >= 0.6 is 0 Å². The third-order valence-corrected chi connectivity index (χ3v) is 2.94. The SMILES string of the molecule is CCCCCC(=O)Nc1ccccc1C(=O)NC(C)(C)C. The van der Waals surface area contributed by atoms with Crippen molar-refractivity contribution < 1.29 is 9.59 Å². The second-order valence-corrected chi connectivity index (χ2v) is 6.25. The molecule has 0 radical (unpaired) electrons. The maximum atomic E-state index is 12.3. The van der Waals surface area contributed by atoms with Gasteiger partial charge in [0.15, 0.2) is 0 Å². The van der Waals surface area contributed by atoms with Crippen LogP contribution in [0.1, 0.15) is 63.7 Å². The first-order valence-electron chi connectivity index (χ1n) is 7.55. The van der Waals surface area contributed by atoms with Crippen molar-refractivity contribution in [2.45, 2.75) is 58.9 Å². The van der Waals surface area contributed by atoms with Gasteiger partial charge in [-0.1, -0.05) is 31.9 Å². The van der Waals surface area contributed by atoms with Gasteiger partial charge in [-0.05, 0) is 39.3 Å². The van der Waals surface area contributed by atoms with E-state index in [0.717, 1.165) is 19.3 Å². The third-order valence-electron chi connectivity index (χ3n) is 2.94. The van der Waals surface area contributed by atoms with Crippen LogP contribution in [0.15, 0.2) is 24.3 Å². The Morgan fingerprint density at radius 3 is 2.38 bits per heavy atom. The summed E-state index contributed by atoms with van der Waals surface area (Å²) in [5.74, 6) is -0.216. The van der Waals surface area contributed by atoms with Crippen molar-refractivity contribution in [3.8, 4) is 0 Å². The zero-order valence-electron chi connectivity index (χ0n) is 13.5. The van der Waals surface area contributed by atoms with Crippen LogP contribution in [0.25, 0.3) is 0 Å². The topological polar surface area (TPSA) is 58.2 Å². The number of unbranched alkanes of at least 4 members (excludes halogenated alkanes) is 2. The molecule has 0 spiro atoms. The van der Waals surface area contributed by atoms with E-state index in [0.29, 0.717) is 17.7 Å². The van der Waals surface area contributed by atoms with Crippen LogP contribution in [0.5, 0.6) is 0 Å². The number of nitrogens with one attached hydrogen (secondary N) is 2. The van der Waals surface area contributed by atoms with Crippen LogP contribution in [-0.2, 0) is 4.79 Å². The number of carbonyl (C=O) groups excluding carboxylic acids is 2. The lowest BCUT2D eigenvalue weighted by Crippen LogP contribution is -2.40. The highest BCUT2D eigenvalue weighted by molar-refractivity contribution is 6.03. The standard InChI is InChI=1S/C17H26N2O2/c1-5-6-7-12-15(20)18-14-11-9-8-10-13(14)16(21)19-17(2,3)4/h8-11H,5-7,12H2,1-4H3,(H,18,20)(H,19,21). The van der Waals surface area contributed by atoms with Crippen molar-refractivity contribution in [2.75, 3.05) is 5.32 Å². The van der Waals surface area contributed by atoms with E-state index >= 15 is 0 Å². The molecular formula is C17H26N2O2. The molecule has 0 aliphatic rings. The molecule has 4 heteroatoms. The van der Waals surface area contributed by atoms with Crippen LogP contribution in [0.3, 0.4) is 0 Å². The second-order valence-electron chi connectivity index (χ2n) is 6.25. The lowest BCUT2D eigenvalue weighted by Gasteiger charge is -2.21. The number of benzene rings is 1. The van der Waals surface area contributed by atoms with E-state index in [2.05, 4.69) is 17.6 Å². The predicted octanol–water partition coefficient (Wildman–Crippen LogP) is 3.73. The third kappa shape index (κ3) is 6.43. The summed E-state index contributed by atoms with van der Waals surface area (Å²) in [5, 5.41) is 5.75. The predicted molar refractivity (Wildman–Crippen MR) is 86.4 cm³/mol. The molecule has 21 heavy (non-hydrogen) atoms. The van der Waals surface area contributed by atoms with E-state index in [4.69, 9.17) is 0 Å². The molecule has 0 unspecified atom stereocenters. The second kappa shape index (κ2) is 7.81. The molecule has 2 N–H and O–H groups in total. The molecule has 0 aliphatic heterocycles. The fraction of sp³-hybridized carbons (Fsp3) is 0.529. The molecule has 0 fully saturated rings. The molecule has 0 atom stereocenters. The minimum Gasteiger partial charge on any atom is -0.347 e. The van der Waals surface area contributed by atoms with Crippen molar-refractivity contribution >= 4 is 17.5 Å². The number of carbonyl (C=O) groups is 2. The lowest BCUT2D eigenvalue weighted by molar-refractivity contribution is -0.116. The molecule has 0 bridgehead atoms. The van der Waals surface area contributed by atoms with E-state index in [-0.39, 0.29) is 17.4 Å². The monoisotopic (exact) mass is 290 g/mol. The van der Waals surface area contributed by atoms with Gasteiger partial charge in [-0.25, -0.2) is 0 Å². The van der Waals surface area contributed by atoms with Crippen LogP contribution in [0.4, 0.5) is 5.69 Å². The minimum absolute atomic E-state index is 0.0422. The molecule has 0 heterocycles. The first-order chi connectivity index (χ1) is 9.83. The molecule has 0 saturated heterocycles. The number of hydrogen-bond donors (Lipinski definition) is 2. The van der Waals surface area contributed by atoms with Gasteiger partial charge in [0, 0.05) is 12.0 Å². The Morgan fingerprint density at radius 2 is 1.76 bits per heavy atom. The minimum atomic E-state index is -0.310. The van der Waals surface area contributed by atoms with Gasteiger partial charge < -0.3 is 10.6 Å². The Morgan fingerprint density at radius 1 is 1.10 bits per heavy atom. The van der Waals surface area contributed by atoms with E-state index in [1.807, 2.05) is 26.8 Å². The van der Waals surface area contributed by atoms with Gasteiger partial charge in [-0.15, -0.1) is 0 Å². The number of para-hydroxylation sites is 1. The Balaban J connectivity index is 2.75. The summed E-state index contributed by atoms with van der Waals surface area (Å²) in [6, 6.07) is 7.10. The summed E-state index contributed by atoms with van der Waals surface area (Å²) in [6.45, 7) is 7.88. The lowest BCUT2D eigenvalue weighted by atomic mass is 10.1. The zero-order valence-corrected chi connectivity index (χ0v) is 13.5. The van der Waals surface area contributed by atoms with Gasteiger partial charge in [0.2, 0.25) is 5.91 Å². The average Bonchev–Trinajstić information content (AvgIpc) is 2.37. The van der Waals surface area contributed by atoms with Crippen molar-refractivity contribution in [3.05, 3.63) is 29.8 Å². The maximum absolute atomic E-state index is 12.3. The molecule has 116 valence electrons. The van der Waals surface area contributed by atoms with Crippen molar-refractivity contribution in [3.63, 3.8) is 0 Å². The molecule has 0 aliphatic carbocycles. The number of hydrogen-bond acceptors (Lipinski definition) is 2. The Kier molecular flexibility index (Phi) is 6.40. The summed E-state index contributed by atoms with van der Waals surface area (Å²) in [7, 11) is 0. The summed E-state index contributed by atoms with van der Waals surface area (Å²) >= 11 is 0. The molecule has 4 nitrogen and oxygen atoms in total. The summed E-state index contributed by atoms with van der Waals surface area (Å²) in [6.07, 6.45) is 3.49. The highest BCUT2D eigenvalue weighted by Crippen LogP contribution is 2.17. The van der Waals surface area contributed by atoms with Crippen LogP contribution in [0.2, 0.25) is 0 Å². The fourth-order valence-electron chi connectivity index (χ4n) is 1.95. The summed E-state index contributed by atoms with van der Waals surface area (Å²) in [5.41, 5.74) is 0.756. The quantitative estimate of drug-likeness (QED) is 0.784. The van der Waals surface area contributed by atoms with Crippen LogP contribution < -0.4 is 10.6 Å². The Labute approximate surface area is 127 Å².